The highest BCUT2D eigenvalue weighted by molar-refractivity contribution is 6.01. The van der Waals surface area contributed by atoms with Gasteiger partial charge in [0.2, 0.25) is 23.6 Å². The first-order chi connectivity index (χ1) is 31.3. The van der Waals surface area contributed by atoms with Crippen molar-refractivity contribution in [1.82, 2.24) is 20.4 Å². The zero-order chi connectivity index (χ0) is 47.8. The van der Waals surface area contributed by atoms with E-state index in [1.54, 1.807) is 9.80 Å². The molecule has 0 saturated carbocycles. The Morgan fingerprint density at radius 2 is 0.985 bits per heavy atom. The number of carbonyl (C=O) groups is 6. The highest BCUT2D eigenvalue weighted by Gasteiger charge is 2.44. The molecule has 0 aromatic heterocycles. The fourth-order valence-electron chi connectivity index (χ4n) is 10.9. The molecule has 14 nitrogen and oxygen atoms in total. The molecule has 2 heterocycles. The molecule has 2 fully saturated rings. The molecule has 2 saturated heterocycles. The molecule has 4 N–H and O–H groups in total. The van der Waals surface area contributed by atoms with Crippen LogP contribution in [0.4, 0.5) is 21.0 Å². The van der Waals surface area contributed by atoms with Gasteiger partial charge in [-0.2, -0.15) is 0 Å². The van der Waals surface area contributed by atoms with E-state index in [1.807, 2.05) is 52.0 Å². The number of carbonyl (C=O) groups excluding carboxylic acids is 6. The fourth-order valence-corrected chi connectivity index (χ4v) is 10.9. The molecular weight excluding hydrogens is 837 g/mol. The SMILES string of the molecule is COC(=O)N[C@H](C(=O)N1CCC[C@H]1C(=O)Nc1cccc(-c2c3c(c(-c4cccc(NC(=O)[C@@H]5CCCN5C(=O)[C@@H](NC(=O)OC)C(C)C)c4)c4c2C(C)(C)CC4)C(C)(C)CC3)c1)C(C)C. The summed E-state index contributed by atoms with van der Waals surface area (Å²) in [6, 6.07) is 13.1. The van der Waals surface area contributed by atoms with Crippen LogP contribution in [0, 0.1) is 11.8 Å². The summed E-state index contributed by atoms with van der Waals surface area (Å²) in [4.78, 5) is 83.0. The molecule has 3 aromatic carbocycles. The monoisotopic (exact) mass is 905 g/mol. The van der Waals surface area contributed by atoms with Gasteiger partial charge in [0.15, 0.2) is 0 Å². The van der Waals surface area contributed by atoms with Gasteiger partial charge in [-0.1, -0.05) is 79.7 Å². The van der Waals surface area contributed by atoms with Crippen molar-refractivity contribution in [3.8, 4) is 22.3 Å². The molecule has 66 heavy (non-hydrogen) atoms. The molecule has 3 aromatic rings. The van der Waals surface area contributed by atoms with Gasteiger partial charge in [0.25, 0.3) is 0 Å². The number of fused-ring (bicyclic) bond motifs is 2. The molecular formula is C52H68N6O8. The lowest BCUT2D eigenvalue weighted by Crippen LogP contribution is -2.54. The number of amides is 6. The Bertz CT molecular complexity index is 2240. The Morgan fingerprint density at radius 3 is 1.33 bits per heavy atom. The molecule has 7 rings (SSSR count). The van der Waals surface area contributed by atoms with Gasteiger partial charge in [-0.25, -0.2) is 9.59 Å². The molecule has 0 radical (unpaired) electrons. The standard InChI is InChI=1S/C52H68N6O8/c1-29(2)43(55-49(63)65-9)47(61)57-25-13-19-37(57)45(59)53-33-17-11-15-31(27-33)39-35-21-23-52(7,8)42(35)40(36-22-24-51(5,6)41(36)39)32-16-12-18-34(28-32)54-46(60)38-20-14-26-58(38)48(62)44(30(3)4)56-50(64)66-10/h11-12,15-18,27-30,37-38,43-44H,13-14,19-26H2,1-10H3,(H,53,59)(H,54,60)(H,55,63)(H,56,64)/t37-,38-,43-,44-/m0/s1. The number of hydrogen-bond donors (Lipinski definition) is 4. The van der Waals surface area contributed by atoms with Crippen LogP contribution in [0.3, 0.4) is 0 Å². The minimum absolute atomic E-state index is 0.156. The summed E-state index contributed by atoms with van der Waals surface area (Å²) < 4.78 is 9.56. The summed E-state index contributed by atoms with van der Waals surface area (Å²) in [5.74, 6) is -1.55. The molecule has 2 aliphatic heterocycles. The van der Waals surface area contributed by atoms with E-state index < -0.39 is 36.4 Å². The van der Waals surface area contributed by atoms with Crippen molar-refractivity contribution in [2.45, 2.75) is 142 Å². The van der Waals surface area contributed by atoms with E-state index in [4.69, 9.17) is 9.47 Å². The average Bonchev–Trinajstić information content (AvgIpc) is 4.09. The van der Waals surface area contributed by atoms with Crippen LogP contribution in [0.1, 0.15) is 116 Å². The van der Waals surface area contributed by atoms with E-state index in [0.717, 1.165) is 36.8 Å². The smallest absolute Gasteiger partial charge is 0.407 e. The summed E-state index contributed by atoms with van der Waals surface area (Å²) in [6.45, 7) is 17.5. The number of ether oxygens (including phenoxy) is 2. The van der Waals surface area contributed by atoms with E-state index in [9.17, 15) is 28.8 Å². The Morgan fingerprint density at radius 1 is 0.606 bits per heavy atom. The molecule has 2 aliphatic carbocycles. The third-order valence-electron chi connectivity index (χ3n) is 14.4. The number of nitrogens with zero attached hydrogens (tertiary/aromatic N) is 2. The first-order valence-corrected chi connectivity index (χ1v) is 23.6. The van der Waals surface area contributed by atoms with Crippen LogP contribution in [0.2, 0.25) is 0 Å². The number of nitrogens with one attached hydrogen (secondary N) is 4. The zero-order valence-corrected chi connectivity index (χ0v) is 40.3. The second-order valence-electron chi connectivity index (χ2n) is 20.5. The summed E-state index contributed by atoms with van der Waals surface area (Å²) in [6.07, 6.45) is 4.68. The quantitative estimate of drug-likeness (QED) is 0.141. The van der Waals surface area contributed by atoms with Crippen molar-refractivity contribution < 1.29 is 38.2 Å². The second-order valence-corrected chi connectivity index (χ2v) is 20.5. The number of methoxy groups -OCH3 is 2. The second kappa shape index (κ2) is 19.1. The Balaban J connectivity index is 1.20. The Hall–Kier alpha value is -5.92. The van der Waals surface area contributed by atoms with Crippen LogP contribution >= 0.6 is 0 Å². The van der Waals surface area contributed by atoms with Crippen LogP contribution < -0.4 is 21.3 Å². The van der Waals surface area contributed by atoms with Gasteiger partial charge in [0, 0.05) is 24.5 Å². The molecule has 6 amide bonds. The van der Waals surface area contributed by atoms with E-state index >= 15 is 0 Å². The molecule has 14 heteroatoms. The van der Waals surface area contributed by atoms with Gasteiger partial charge < -0.3 is 40.5 Å². The summed E-state index contributed by atoms with van der Waals surface area (Å²) in [5.41, 5.74) is 10.7. The minimum Gasteiger partial charge on any atom is -0.453 e. The Labute approximate surface area is 389 Å². The molecule has 354 valence electrons. The van der Waals surface area contributed by atoms with Crippen molar-refractivity contribution in [3.05, 3.63) is 70.8 Å². The summed E-state index contributed by atoms with van der Waals surface area (Å²) in [7, 11) is 2.52. The van der Waals surface area contributed by atoms with Gasteiger partial charge in [-0.05, 0) is 143 Å². The van der Waals surface area contributed by atoms with Crippen molar-refractivity contribution >= 4 is 47.2 Å². The first-order valence-electron chi connectivity index (χ1n) is 23.6. The predicted molar refractivity (Wildman–Crippen MR) is 255 cm³/mol. The van der Waals surface area contributed by atoms with Crippen molar-refractivity contribution in [2.75, 3.05) is 37.9 Å². The largest absolute Gasteiger partial charge is 0.453 e. The third kappa shape index (κ3) is 9.37. The van der Waals surface area contributed by atoms with Gasteiger partial charge in [0.1, 0.15) is 24.2 Å². The minimum atomic E-state index is -0.822. The normalized spacial score (nSPS) is 20.1. The van der Waals surface area contributed by atoms with Crippen LogP contribution in [-0.4, -0.2) is 97.1 Å². The van der Waals surface area contributed by atoms with Gasteiger partial charge in [0.05, 0.1) is 14.2 Å². The number of benzene rings is 3. The van der Waals surface area contributed by atoms with Crippen LogP contribution in [-0.2, 0) is 52.3 Å². The van der Waals surface area contributed by atoms with Crippen LogP contribution in [0.5, 0.6) is 0 Å². The molecule has 4 aliphatic rings. The highest BCUT2D eigenvalue weighted by Crippen LogP contribution is 2.56. The van der Waals surface area contributed by atoms with Crippen molar-refractivity contribution in [1.29, 1.82) is 0 Å². The van der Waals surface area contributed by atoms with Crippen molar-refractivity contribution in [2.24, 2.45) is 11.8 Å². The first kappa shape index (κ1) is 48.0. The summed E-state index contributed by atoms with van der Waals surface area (Å²) in [5, 5.41) is 11.6. The zero-order valence-electron chi connectivity index (χ0n) is 40.3. The van der Waals surface area contributed by atoms with E-state index in [-0.39, 0.29) is 46.3 Å². The van der Waals surface area contributed by atoms with E-state index in [0.29, 0.717) is 50.1 Å². The lowest BCUT2D eigenvalue weighted by atomic mass is 9.73. The lowest BCUT2D eigenvalue weighted by Gasteiger charge is -2.31. The maximum Gasteiger partial charge on any atom is 0.407 e. The third-order valence-corrected chi connectivity index (χ3v) is 14.4. The number of anilines is 2. The maximum atomic E-state index is 14.0. The van der Waals surface area contributed by atoms with E-state index in [2.05, 4.69) is 73.2 Å². The average molecular weight is 905 g/mol. The van der Waals surface area contributed by atoms with Gasteiger partial charge >= 0.3 is 12.2 Å². The van der Waals surface area contributed by atoms with Crippen molar-refractivity contribution in [3.63, 3.8) is 0 Å². The lowest BCUT2D eigenvalue weighted by molar-refractivity contribution is -0.139. The van der Waals surface area contributed by atoms with E-state index in [1.165, 1.54) is 47.6 Å². The molecule has 0 unspecified atom stereocenters. The number of rotatable bonds is 12. The maximum absolute atomic E-state index is 14.0. The molecule has 4 atom stereocenters. The number of likely N-dealkylation sites (tertiary alicyclic amines) is 2. The Kier molecular flexibility index (Phi) is 13.9. The predicted octanol–water partition coefficient (Wildman–Crippen LogP) is 8.09. The topological polar surface area (TPSA) is 175 Å². The van der Waals surface area contributed by atoms with Crippen LogP contribution in [0.15, 0.2) is 48.5 Å². The van der Waals surface area contributed by atoms with Gasteiger partial charge in [-0.3, -0.25) is 19.2 Å². The van der Waals surface area contributed by atoms with Crippen LogP contribution in [0.25, 0.3) is 22.3 Å². The summed E-state index contributed by atoms with van der Waals surface area (Å²) >= 11 is 0. The van der Waals surface area contributed by atoms with Gasteiger partial charge in [-0.15, -0.1) is 0 Å². The molecule has 0 spiro atoms. The number of alkyl carbamates (subject to hydrolysis) is 2. The number of hydrogen-bond acceptors (Lipinski definition) is 8. The highest BCUT2D eigenvalue weighted by atomic mass is 16.5. The molecule has 0 bridgehead atoms. The fraction of sp³-hybridized carbons (Fsp3) is 0.538.